The van der Waals surface area contributed by atoms with E-state index in [9.17, 15) is 0 Å². The van der Waals surface area contributed by atoms with Crippen molar-refractivity contribution in [2.24, 2.45) is 5.10 Å². The van der Waals surface area contributed by atoms with Crippen molar-refractivity contribution in [2.75, 3.05) is 13.7 Å². The van der Waals surface area contributed by atoms with E-state index < -0.39 is 0 Å². The van der Waals surface area contributed by atoms with Gasteiger partial charge in [0.15, 0.2) is 0 Å². The van der Waals surface area contributed by atoms with Crippen LogP contribution >= 0.6 is 0 Å². The van der Waals surface area contributed by atoms with E-state index in [0.717, 1.165) is 5.70 Å². The van der Waals surface area contributed by atoms with Crippen LogP contribution in [0.1, 0.15) is 20.8 Å². The molecule has 0 aromatic rings. The lowest BCUT2D eigenvalue weighted by atomic mass is 10.5. The summed E-state index contributed by atoms with van der Waals surface area (Å²) >= 11 is 0. The van der Waals surface area contributed by atoms with Crippen molar-refractivity contribution in [3.63, 3.8) is 0 Å². The molecule has 0 spiro atoms. The molecular weight excluding hydrogens is 154 g/mol. The predicted molar refractivity (Wildman–Crippen MR) is 50.4 cm³/mol. The Balaban J connectivity index is 3.81. The van der Waals surface area contributed by atoms with Gasteiger partial charge in [-0.1, -0.05) is 0 Å². The highest BCUT2D eigenvalue weighted by atomic mass is 16.7. The molecule has 0 fully saturated rings. The molecule has 0 atom stereocenters. The van der Waals surface area contributed by atoms with Gasteiger partial charge in [0.25, 0.3) is 0 Å². The normalized spacial score (nSPS) is 12.2. The Hall–Kier alpha value is -1.03. The lowest BCUT2D eigenvalue weighted by Crippen LogP contribution is -2.17. The number of hydrogen-bond acceptors (Lipinski definition) is 4. The summed E-state index contributed by atoms with van der Waals surface area (Å²) in [6, 6.07) is 0. The summed E-state index contributed by atoms with van der Waals surface area (Å²) in [5.74, 6) is 0. The first kappa shape index (κ1) is 11.0. The molecule has 12 heavy (non-hydrogen) atoms. The molecule has 0 radical (unpaired) electrons. The van der Waals surface area contributed by atoms with Crippen molar-refractivity contribution in [3.8, 4) is 0 Å². The van der Waals surface area contributed by atoms with Crippen LogP contribution in [0.5, 0.6) is 0 Å². The van der Waals surface area contributed by atoms with Crippen molar-refractivity contribution >= 4 is 6.21 Å². The summed E-state index contributed by atoms with van der Waals surface area (Å²) in [5, 5.41) is 5.51. The summed E-state index contributed by atoms with van der Waals surface area (Å²) in [7, 11) is 1.85. The average Bonchev–Trinajstić information content (AvgIpc) is 2.05. The minimum Gasteiger partial charge on any atom is -0.284 e. The molecule has 0 saturated carbocycles. The van der Waals surface area contributed by atoms with E-state index in [1.54, 1.807) is 17.5 Å². The van der Waals surface area contributed by atoms with Gasteiger partial charge in [0.2, 0.25) is 0 Å². The second kappa shape index (κ2) is 6.67. The van der Waals surface area contributed by atoms with Crippen LogP contribution in [-0.2, 0) is 4.84 Å². The van der Waals surface area contributed by atoms with E-state index >= 15 is 0 Å². The Morgan fingerprint density at radius 2 is 2.33 bits per heavy atom. The van der Waals surface area contributed by atoms with Crippen molar-refractivity contribution in [1.82, 2.24) is 10.5 Å². The molecular formula is C8H17N3O. The van der Waals surface area contributed by atoms with Gasteiger partial charge in [0.05, 0.1) is 12.3 Å². The van der Waals surface area contributed by atoms with Gasteiger partial charge in [0, 0.05) is 19.5 Å². The molecule has 4 heteroatoms. The summed E-state index contributed by atoms with van der Waals surface area (Å²) in [4.78, 5) is 5.21. The molecule has 0 rings (SSSR count). The van der Waals surface area contributed by atoms with Crippen LogP contribution in [0.25, 0.3) is 0 Å². The third kappa shape index (κ3) is 4.73. The zero-order valence-corrected chi connectivity index (χ0v) is 8.16. The molecule has 0 unspecified atom stereocenters. The molecule has 0 aromatic carbocycles. The van der Waals surface area contributed by atoms with E-state index in [0.29, 0.717) is 6.61 Å². The first-order valence-electron chi connectivity index (χ1n) is 3.99. The van der Waals surface area contributed by atoms with Gasteiger partial charge in [-0.3, -0.25) is 15.3 Å². The number of rotatable bonds is 5. The number of hydrazone groups is 1. The average molecular weight is 171 g/mol. The van der Waals surface area contributed by atoms with E-state index in [-0.39, 0.29) is 0 Å². The summed E-state index contributed by atoms with van der Waals surface area (Å²) < 4.78 is 0. The molecule has 0 aliphatic carbocycles. The minimum atomic E-state index is 0.665. The zero-order valence-electron chi connectivity index (χ0n) is 8.16. The van der Waals surface area contributed by atoms with Gasteiger partial charge in [-0.2, -0.15) is 5.10 Å². The Morgan fingerprint density at radius 1 is 1.67 bits per heavy atom. The van der Waals surface area contributed by atoms with Crippen molar-refractivity contribution in [1.29, 1.82) is 0 Å². The van der Waals surface area contributed by atoms with Crippen LogP contribution in [0.3, 0.4) is 0 Å². The third-order valence-corrected chi connectivity index (χ3v) is 1.30. The van der Waals surface area contributed by atoms with Crippen LogP contribution in [0.2, 0.25) is 0 Å². The van der Waals surface area contributed by atoms with E-state index in [4.69, 9.17) is 4.84 Å². The summed E-state index contributed by atoms with van der Waals surface area (Å²) in [6.07, 6.45) is 3.46. The van der Waals surface area contributed by atoms with Gasteiger partial charge in [-0.15, -0.1) is 0 Å². The van der Waals surface area contributed by atoms with E-state index in [1.165, 1.54) is 0 Å². The number of allylic oxidation sites excluding steroid dienone is 1. The highest BCUT2D eigenvalue weighted by molar-refractivity contribution is 5.52. The smallest absolute Gasteiger partial charge is 0.0720 e. The van der Waals surface area contributed by atoms with Crippen LogP contribution in [0.15, 0.2) is 17.0 Å². The van der Waals surface area contributed by atoms with Gasteiger partial charge < -0.3 is 0 Å². The molecule has 0 saturated heterocycles. The molecule has 4 nitrogen and oxygen atoms in total. The Kier molecular flexibility index (Phi) is 6.09. The maximum Gasteiger partial charge on any atom is 0.0720 e. The summed E-state index contributed by atoms with van der Waals surface area (Å²) in [5.41, 5.74) is 3.73. The van der Waals surface area contributed by atoms with Crippen molar-refractivity contribution in [2.45, 2.75) is 20.8 Å². The Morgan fingerprint density at radius 3 is 2.83 bits per heavy atom. The maximum atomic E-state index is 5.21. The van der Waals surface area contributed by atoms with Crippen molar-refractivity contribution in [3.05, 3.63) is 11.9 Å². The lowest BCUT2D eigenvalue weighted by Gasteiger charge is -2.17. The first-order chi connectivity index (χ1) is 5.72. The first-order valence-corrected chi connectivity index (χ1v) is 3.99. The van der Waals surface area contributed by atoms with Crippen LogP contribution < -0.4 is 5.43 Å². The Labute approximate surface area is 73.8 Å². The molecule has 0 amide bonds. The second-order valence-corrected chi connectivity index (χ2v) is 2.22. The highest BCUT2D eigenvalue weighted by Crippen LogP contribution is 1.98. The quantitative estimate of drug-likeness (QED) is 0.501. The van der Waals surface area contributed by atoms with E-state index in [1.807, 2.05) is 27.8 Å². The fourth-order valence-electron chi connectivity index (χ4n) is 0.592. The Bertz CT molecular complexity index is 166. The number of hydroxylamine groups is 2. The molecule has 1 N–H and O–H groups in total. The molecule has 0 heterocycles. The minimum absolute atomic E-state index is 0.665. The fraction of sp³-hybridized carbons (Fsp3) is 0.625. The van der Waals surface area contributed by atoms with Crippen LogP contribution in [-0.4, -0.2) is 24.9 Å². The van der Waals surface area contributed by atoms with Gasteiger partial charge in [-0.25, -0.2) is 0 Å². The van der Waals surface area contributed by atoms with Crippen LogP contribution in [0, 0.1) is 0 Å². The van der Waals surface area contributed by atoms with Crippen molar-refractivity contribution < 1.29 is 4.84 Å². The molecule has 70 valence electrons. The highest BCUT2D eigenvalue weighted by Gasteiger charge is 1.95. The van der Waals surface area contributed by atoms with Gasteiger partial charge in [-0.05, 0) is 20.8 Å². The molecule has 0 aromatic heterocycles. The largest absolute Gasteiger partial charge is 0.284 e. The standard InChI is InChI=1S/C8H17N3O/c1-5-9-10-7-8(3)11(4)12-6-2/h5,7,10H,6H2,1-4H3/b8-7-,9-5-. The summed E-state index contributed by atoms with van der Waals surface area (Å²) in [6.45, 7) is 6.40. The number of hydrogen-bond donors (Lipinski definition) is 1. The van der Waals surface area contributed by atoms with E-state index in [2.05, 4.69) is 10.5 Å². The zero-order chi connectivity index (χ0) is 9.40. The van der Waals surface area contributed by atoms with Gasteiger partial charge >= 0.3 is 0 Å². The lowest BCUT2D eigenvalue weighted by molar-refractivity contribution is -0.105. The van der Waals surface area contributed by atoms with Gasteiger partial charge in [0.1, 0.15) is 0 Å². The second-order valence-electron chi connectivity index (χ2n) is 2.22. The molecule has 0 aliphatic rings. The number of nitrogens with one attached hydrogen (secondary N) is 1. The number of nitrogens with zero attached hydrogens (tertiary/aromatic N) is 2. The maximum absolute atomic E-state index is 5.21. The predicted octanol–water partition coefficient (Wildman–Crippen LogP) is 1.33. The monoisotopic (exact) mass is 171 g/mol. The SMILES string of the molecule is C/C=N\N/C=C(/C)N(C)OCC. The molecule has 0 bridgehead atoms. The topological polar surface area (TPSA) is 36.9 Å². The fourth-order valence-corrected chi connectivity index (χ4v) is 0.592. The molecule has 0 aliphatic heterocycles. The van der Waals surface area contributed by atoms with Crippen LogP contribution in [0.4, 0.5) is 0 Å². The third-order valence-electron chi connectivity index (χ3n) is 1.30.